The molecule has 1 unspecified atom stereocenters. The van der Waals surface area contributed by atoms with Gasteiger partial charge in [0.2, 0.25) is 0 Å². The van der Waals surface area contributed by atoms with Crippen molar-refractivity contribution in [2.75, 3.05) is 6.26 Å². The number of amidine groups is 1. The number of carbonyl (C=O) groups excluding carboxylic acids is 1. The van der Waals surface area contributed by atoms with Crippen LogP contribution in [-0.4, -0.2) is 30.2 Å². The van der Waals surface area contributed by atoms with E-state index in [2.05, 4.69) is 4.99 Å². The zero-order valence-corrected chi connectivity index (χ0v) is 16.7. The van der Waals surface area contributed by atoms with Crippen LogP contribution in [0.1, 0.15) is 18.1 Å². The van der Waals surface area contributed by atoms with Crippen molar-refractivity contribution in [3.8, 4) is 0 Å². The molecule has 29 heavy (non-hydrogen) atoms. The Labute approximate surface area is 168 Å². The summed E-state index contributed by atoms with van der Waals surface area (Å²) in [5.41, 5.74) is 2.21. The molecule has 0 radical (unpaired) electrons. The van der Waals surface area contributed by atoms with Crippen LogP contribution < -0.4 is 0 Å². The number of aliphatic imine (C=N–C) groups is 1. The van der Waals surface area contributed by atoms with Crippen LogP contribution in [-0.2, 0) is 14.8 Å². The molecular weight excluding hydrogens is 391 g/mol. The van der Waals surface area contributed by atoms with Crippen LogP contribution in [0.25, 0.3) is 11.4 Å². The maximum absolute atomic E-state index is 13.6. The molecule has 5 nitrogen and oxygen atoms in total. The van der Waals surface area contributed by atoms with E-state index in [1.807, 2.05) is 30.3 Å². The lowest BCUT2D eigenvalue weighted by molar-refractivity contribution is -0.555. The summed E-state index contributed by atoms with van der Waals surface area (Å²) in [6, 6.07) is 14.7. The molecular formula is C22H18FN2O3S+. The van der Waals surface area contributed by atoms with Gasteiger partial charge in [0.05, 0.1) is 6.26 Å². The second kappa shape index (κ2) is 6.72. The molecule has 0 spiro atoms. The lowest BCUT2D eigenvalue weighted by Crippen LogP contribution is -2.51. The molecule has 2 heterocycles. The van der Waals surface area contributed by atoms with Gasteiger partial charge in [0, 0.05) is 11.1 Å². The summed E-state index contributed by atoms with van der Waals surface area (Å²) in [6.45, 7) is 1.38. The normalized spacial score (nSPS) is 20.9. The van der Waals surface area contributed by atoms with Gasteiger partial charge in [0.1, 0.15) is 23.3 Å². The van der Waals surface area contributed by atoms with E-state index in [0.717, 1.165) is 6.26 Å². The van der Waals surface area contributed by atoms with E-state index in [9.17, 15) is 17.6 Å². The third kappa shape index (κ3) is 2.90. The third-order valence-corrected chi connectivity index (χ3v) is 6.48. The summed E-state index contributed by atoms with van der Waals surface area (Å²) >= 11 is 0. The lowest BCUT2D eigenvalue weighted by atomic mass is 10.0. The molecule has 0 aliphatic carbocycles. The van der Waals surface area contributed by atoms with E-state index in [0.29, 0.717) is 22.5 Å². The fraction of sp³-hybridized carbons (Fsp3) is 0.0909. The predicted octanol–water partition coefficient (Wildman–Crippen LogP) is 3.88. The van der Waals surface area contributed by atoms with Gasteiger partial charge in [-0.2, -0.15) is 13.4 Å². The molecule has 0 saturated heterocycles. The molecule has 1 atom stereocenters. The molecule has 0 saturated carbocycles. The van der Waals surface area contributed by atoms with E-state index in [4.69, 9.17) is 0 Å². The standard InChI is InChI=1S/C22H18FN2O3S/c1-15(26)19-9-6-14-25(29(2,27)28)21(17-10-12-18(23)13-11-17)20(24-22(19)25)16-7-4-3-5-8-16/h3-14H,1-2H3/q+1. The third-order valence-electron chi connectivity index (χ3n) is 4.96. The Balaban J connectivity index is 2.12. The van der Waals surface area contributed by atoms with Crippen molar-refractivity contribution < 1.29 is 21.5 Å². The van der Waals surface area contributed by atoms with Crippen LogP contribution in [0.2, 0.25) is 0 Å². The van der Waals surface area contributed by atoms with Crippen molar-refractivity contribution >= 4 is 33.0 Å². The number of hydrogen-bond acceptors (Lipinski definition) is 4. The smallest absolute Gasteiger partial charge is 0.294 e. The Morgan fingerprint density at radius 2 is 1.66 bits per heavy atom. The summed E-state index contributed by atoms with van der Waals surface area (Å²) < 4.78 is 39.2. The fourth-order valence-corrected chi connectivity index (χ4v) is 4.93. The van der Waals surface area contributed by atoms with Crippen LogP contribution in [0, 0.1) is 5.82 Å². The largest absolute Gasteiger partial charge is 0.309 e. The minimum atomic E-state index is -3.86. The summed E-state index contributed by atoms with van der Waals surface area (Å²) in [5.74, 6) is -0.591. The quantitative estimate of drug-likeness (QED) is 0.720. The molecule has 0 N–H and O–H groups in total. The number of fused-ring (bicyclic) bond motifs is 1. The predicted molar refractivity (Wildman–Crippen MR) is 110 cm³/mol. The Morgan fingerprint density at radius 3 is 2.24 bits per heavy atom. The minimum absolute atomic E-state index is 0.126. The number of Topliss-reactive ketones (excluding diaryl/α,β-unsaturated/α-hetero) is 1. The van der Waals surface area contributed by atoms with Crippen LogP contribution in [0.5, 0.6) is 0 Å². The van der Waals surface area contributed by atoms with E-state index < -0.39 is 19.7 Å². The topological polar surface area (TPSA) is 63.6 Å². The molecule has 2 aromatic rings. The van der Waals surface area contributed by atoms with Crippen molar-refractivity contribution in [3.05, 3.63) is 95.5 Å². The SMILES string of the molecule is CC(=O)C1=CC=C[N+]2(S(C)(=O)=O)C1=NC(c1ccccc1)=C2c1ccc(F)cc1. The first-order chi connectivity index (χ1) is 13.8. The van der Waals surface area contributed by atoms with Crippen LogP contribution in [0.15, 0.2) is 83.5 Å². The summed E-state index contributed by atoms with van der Waals surface area (Å²) in [7, 11) is -3.86. The number of quaternary nitrogens is 1. The van der Waals surface area contributed by atoms with E-state index >= 15 is 0 Å². The summed E-state index contributed by atoms with van der Waals surface area (Å²) in [6.07, 6.45) is 5.72. The number of nitrogens with zero attached hydrogens (tertiary/aromatic N) is 2. The molecule has 0 amide bonds. The maximum atomic E-state index is 13.6. The van der Waals surface area contributed by atoms with Crippen molar-refractivity contribution in [3.63, 3.8) is 0 Å². The fourth-order valence-electron chi connectivity index (χ4n) is 3.66. The number of rotatable bonds is 4. The monoisotopic (exact) mass is 409 g/mol. The first-order valence-electron chi connectivity index (χ1n) is 8.91. The van der Waals surface area contributed by atoms with Crippen molar-refractivity contribution in [2.24, 2.45) is 4.99 Å². The van der Waals surface area contributed by atoms with Crippen molar-refractivity contribution in [2.45, 2.75) is 6.92 Å². The summed E-state index contributed by atoms with van der Waals surface area (Å²) in [5, 5.41) is 0. The van der Waals surface area contributed by atoms with E-state index in [1.54, 1.807) is 12.2 Å². The minimum Gasteiger partial charge on any atom is -0.294 e. The Kier molecular flexibility index (Phi) is 4.44. The average molecular weight is 409 g/mol. The number of benzene rings is 2. The lowest BCUT2D eigenvalue weighted by Gasteiger charge is -2.32. The van der Waals surface area contributed by atoms with E-state index in [1.165, 1.54) is 37.4 Å². The molecule has 146 valence electrons. The molecule has 0 aromatic heterocycles. The number of carbonyl (C=O) groups is 1. The van der Waals surface area contributed by atoms with Crippen molar-refractivity contribution in [1.29, 1.82) is 0 Å². The number of halogens is 1. The van der Waals surface area contributed by atoms with Crippen LogP contribution in [0.4, 0.5) is 4.39 Å². The van der Waals surface area contributed by atoms with Gasteiger partial charge in [-0.05, 0) is 43.3 Å². The molecule has 0 fully saturated rings. The highest BCUT2D eigenvalue weighted by molar-refractivity contribution is 7.85. The van der Waals surface area contributed by atoms with E-state index in [-0.39, 0.29) is 17.2 Å². The second-order valence-electron chi connectivity index (χ2n) is 6.87. The van der Waals surface area contributed by atoms with Gasteiger partial charge in [0.15, 0.2) is 11.5 Å². The van der Waals surface area contributed by atoms with Crippen LogP contribution in [0.3, 0.4) is 0 Å². The van der Waals surface area contributed by atoms with Gasteiger partial charge < -0.3 is 0 Å². The number of sulfonamides is 1. The van der Waals surface area contributed by atoms with Crippen LogP contribution >= 0.6 is 0 Å². The second-order valence-corrected chi connectivity index (χ2v) is 8.92. The van der Waals surface area contributed by atoms with Gasteiger partial charge in [-0.25, -0.2) is 4.39 Å². The molecule has 0 bridgehead atoms. The number of allylic oxidation sites excluding steroid dienone is 2. The maximum Gasteiger partial charge on any atom is 0.309 e. The molecule has 2 aromatic carbocycles. The molecule has 7 heteroatoms. The highest BCUT2D eigenvalue weighted by Crippen LogP contribution is 2.47. The number of ketones is 1. The zero-order chi connectivity index (χ0) is 20.8. The highest BCUT2D eigenvalue weighted by Gasteiger charge is 2.56. The van der Waals surface area contributed by atoms with Gasteiger partial charge in [0.25, 0.3) is 5.84 Å². The first-order valence-corrected chi connectivity index (χ1v) is 10.8. The Morgan fingerprint density at radius 1 is 1.00 bits per heavy atom. The number of hydrogen-bond donors (Lipinski definition) is 0. The van der Waals surface area contributed by atoms with Gasteiger partial charge >= 0.3 is 10.0 Å². The Bertz CT molecular complexity index is 1240. The van der Waals surface area contributed by atoms with Gasteiger partial charge in [-0.3, -0.25) is 4.79 Å². The van der Waals surface area contributed by atoms with Gasteiger partial charge in [-0.15, -0.1) is 3.89 Å². The van der Waals surface area contributed by atoms with Crippen molar-refractivity contribution in [1.82, 2.24) is 0 Å². The highest BCUT2D eigenvalue weighted by atomic mass is 32.2. The zero-order valence-electron chi connectivity index (χ0n) is 15.8. The molecule has 4 rings (SSSR count). The summed E-state index contributed by atoms with van der Waals surface area (Å²) in [4.78, 5) is 16.9. The molecule has 2 aliphatic heterocycles. The van der Waals surface area contributed by atoms with Gasteiger partial charge in [-0.1, -0.05) is 30.3 Å². The molecule has 2 aliphatic rings. The Hall–Kier alpha value is -3.16. The first kappa shape index (κ1) is 19.2. The average Bonchev–Trinajstić information content (AvgIpc) is 3.05.